The first kappa shape index (κ1) is 16.0. The maximum absolute atomic E-state index is 14.4. The molecule has 0 aliphatic carbocycles. The van der Waals surface area contributed by atoms with Crippen molar-refractivity contribution >= 4 is 12.1 Å². The van der Waals surface area contributed by atoms with Gasteiger partial charge in [0.2, 0.25) is 4.91 Å². The third-order valence-electron chi connectivity index (χ3n) is 2.71. The lowest BCUT2D eigenvalue weighted by atomic mass is 10.0. The van der Waals surface area contributed by atoms with Gasteiger partial charge in [-0.15, -0.1) is 0 Å². The number of likely N-dealkylation sites (tertiary alicyclic amines) is 1. The van der Waals surface area contributed by atoms with E-state index < -0.39 is 48.9 Å². The predicted octanol–water partition coefficient (Wildman–Crippen LogP) is 0.00437. The SMILES string of the molecule is CC(C)(C)OC(=O)N1CC(F)(CN=[N+]=N)CC1C(=O)[O-]. The van der Waals surface area contributed by atoms with E-state index in [2.05, 4.69) is 10.0 Å². The van der Waals surface area contributed by atoms with E-state index in [1.54, 1.807) is 20.8 Å². The second kappa shape index (κ2) is 5.54. The van der Waals surface area contributed by atoms with Crippen molar-refractivity contribution in [3.63, 3.8) is 0 Å². The molecule has 20 heavy (non-hydrogen) atoms. The molecule has 2 atom stereocenters. The summed E-state index contributed by atoms with van der Waals surface area (Å²) in [6.07, 6.45) is -1.39. The Morgan fingerprint density at radius 2 is 2.20 bits per heavy atom. The van der Waals surface area contributed by atoms with Crippen molar-refractivity contribution in [3.8, 4) is 0 Å². The van der Waals surface area contributed by atoms with Gasteiger partial charge in [-0.05, 0) is 20.8 Å². The number of nitrogens with zero attached hydrogens (tertiary/aromatic N) is 3. The lowest BCUT2D eigenvalue weighted by Gasteiger charge is -2.28. The van der Waals surface area contributed by atoms with E-state index in [-0.39, 0.29) is 0 Å². The molecule has 1 aliphatic rings. The zero-order valence-corrected chi connectivity index (χ0v) is 11.6. The summed E-state index contributed by atoms with van der Waals surface area (Å²) in [5.41, 5.74) is 3.63. The Kier molecular flexibility index (Phi) is 4.44. The molecule has 1 amide bonds. The number of rotatable bonds is 3. The number of carboxylic acid groups (broad SMARTS) is 1. The van der Waals surface area contributed by atoms with Crippen LogP contribution in [0.2, 0.25) is 0 Å². The van der Waals surface area contributed by atoms with Crippen LogP contribution < -0.4 is 10.0 Å². The second-order valence-corrected chi connectivity index (χ2v) is 5.70. The Morgan fingerprint density at radius 3 is 2.65 bits per heavy atom. The highest BCUT2D eigenvalue weighted by Crippen LogP contribution is 2.32. The van der Waals surface area contributed by atoms with E-state index in [0.717, 1.165) is 4.90 Å². The van der Waals surface area contributed by atoms with Gasteiger partial charge >= 0.3 is 6.09 Å². The zero-order chi connectivity index (χ0) is 15.6. The number of alkyl halides is 1. The smallest absolute Gasteiger partial charge is 0.410 e. The van der Waals surface area contributed by atoms with E-state index in [0.29, 0.717) is 0 Å². The van der Waals surface area contributed by atoms with E-state index in [9.17, 15) is 19.1 Å². The van der Waals surface area contributed by atoms with Crippen molar-refractivity contribution in [2.45, 2.75) is 44.5 Å². The summed E-state index contributed by atoms with van der Waals surface area (Å²) < 4.78 is 19.4. The van der Waals surface area contributed by atoms with Gasteiger partial charge in [0, 0.05) is 6.42 Å². The molecule has 2 unspecified atom stereocenters. The number of hydrogen-bond donors (Lipinski definition) is 1. The van der Waals surface area contributed by atoms with Crippen molar-refractivity contribution in [2.75, 3.05) is 13.1 Å². The molecule has 0 aromatic carbocycles. The molecule has 112 valence electrons. The molecule has 1 saturated heterocycles. The maximum Gasteiger partial charge on any atom is 0.410 e. The summed E-state index contributed by atoms with van der Waals surface area (Å²) >= 11 is 0. The molecule has 0 radical (unpaired) electrons. The molecule has 1 fully saturated rings. The van der Waals surface area contributed by atoms with E-state index >= 15 is 0 Å². The zero-order valence-electron chi connectivity index (χ0n) is 11.6. The van der Waals surface area contributed by atoms with Crippen LogP contribution in [0, 0.1) is 5.53 Å². The minimum absolute atomic E-state index is 0.465. The van der Waals surface area contributed by atoms with Crippen LogP contribution in [0.4, 0.5) is 9.18 Å². The quantitative estimate of drug-likeness (QED) is 0.580. The van der Waals surface area contributed by atoms with Crippen LogP contribution in [0.1, 0.15) is 27.2 Å². The van der Waals surface area contributed by atoms with Crippen molar-refractivity contribution < 1.29 is 23.8 Å². The third kappa shape index (κ3) is 3.99. The molecule has 8 nitrogen and oxygen atoms in total. The van der Waals surface area contributed by atoms with Crippen LogP contribution in [0.5, 0.6) is 0 Å². The molecular formula is C11H17FN4O4. The van der Waals surface area contributed by atoms with Gasteiger partial charge in [-0.3, -0.25) is 4.90 Å². The molecule has 1 N–H and O–H groups in total. The number of halogens is 1. The molecule has 0 spiro atoms. The van der Waals surface area contributed by atoms with Crippen molar-refractivity contribution in [1.29, 1.82) is 5.53 Å². The van der Waals surface area contributed by atoms with Crippen LogP contribution in [0.15, 0.2) is 5.11 Å². The molecule has 1 heterocycles. The summed E-state index contributed by atoms with van der Waals surface area (Å²) in [5, 5.41) is 14.2. The van der Waals surface area contributed by atoms with Gasteiger partial charge in [-0.1, -0.05) is 0 Å². The maximum atomic E-state index is 14.4. The van der Waals surface area contributed by atoms with Gasteiger partial charge in [-0.2, -0.15) is 0 Å². The number of aliphatic carboxylic acids is 1. The van der Waals surface area contributed by atoms with Gasteiger partial charge < -0.3 is 14.6 Å². The molecule has 0 aromatic rings. The number of carbonyl (C=O) groups excluding carboxylic acids is 2. The molecule has 9 heteroatoms. The highest BCUT2D eigenvalue weighted by atomic mass is 19.1. The fourth-order valence-corrected chi connectivity index (χ4v) is 1.94. The van der Waals surface area contributed by atoms with Crippen molar-refractivity contribution in [2.24, 2.45) is 5.11 Å². The minimum Gasteiger partial charge on any atom is -0.548 e. The molecule has 0 bridgehead atoms. The average Bonchev–Trinajstić information content (AvgIpc) is 2.64. The monoisotopic (exact) mass is 288 g/mol. The Hall–Kier alpha value is -2.02. The van der Waals surface area contributed by atoms with Crippen molar-refractivity contribution in [1.82, 2.24) is 9.81 Å². The Morgan fingerprint density at radius 1 is 1.60 bits per heavy atom. The first-order valence-electron chi connectivity index (χ1n) is 6.01. The number of nitrogens with one attached hydrogen (secondary N) is 1. The lowest BCUT2D eigenvalue weighted by molar-refractivity contribution is -0.310. The van der Waals surface area contributed by atoms with Crippen LogP contribution in [-0.2, 0) is 9.53 Å². The van der Waals surface area contributed by atoms with E-state index in [4.69, 9.17) is 10.3 Å². The molecule has 0 aromatic heterocycles. The van der Waals surface area contributed by atoms with Gasteiger partial charge in [0.15, 0.2) is 12.2 Å². The summed E-state index contributed by atoms with van der Waals surface area (Å²) in [4.78, 5) is 26.4. The van der Waals surface area contributed by atoms with E-state index in [1.807, 2.05) is 0 Å². The summed E-state index contributed by atoms with van der Waals surface area (Å²) in [6, 6.07) is -1.42. The Balaban J connectivity index is 2.90. The average molecular weight is 288 g/mol. The fraction of sp³-hybridized carbons (Fsp3) is 0.818. The van der Waals surface area contributed by atoms with Crippen LogP contribution in [0.3, 0.4) is 0 Å². The number of carboxylic acids is 1. The largest absolute Gasteiger partial charge is 0.548 e. The van der Waals surface area contributed by atoms with Gasteiger partial charge in [0.05, 0.1) is 18.6 Å². The number of amides is 1. The van der Waals surface area contributed by atoms with Crippen LogP contribution >= 0.6 is 0 Å². The predicted molar refractivity (Wildman–Crippen MR) is 62.3 cm³/mol. The van der Waals surface area contributed by atoms with Gasteiger partial charge in [-0.25, -0.2) is 9.18 Å². The third-order valence-corrected chi connectivity index (χ3v) is 2.71. The molecular weight excluding hydrogens is 271 g/mol. The second-order valence-electron chi connectivity index (χ2n) is 5.70. The first-order chi connectivity index (χ1) is 9.08. The number of hydrogen-bond acceptors (Lipinski definition) is 6. The van der Waals surface area contributed by atoms with Gasteiger partial charge in [0.1, 0.15) is 16.2 Å². The van der Waals surface area contributed by atoms with Crippen molar-refractivity contribution in [3.05, 3.63) is 0 Å². The highest BCUT2D eigenvalue weighted by Gasteiger charge is 2.49. The highest BCUT2D eigenvalue weighted by molar-refractivity contribution is 5.80. The normalized spacial score (nSPS) is 26.0. The summed E-state index contributed by atoms with van der Waals surface area (Å²) in [5.74, 6) is -1.56. The molecule has 1 rings (SSSR count). The van der Waals surface area contributed by atoms with E-state index in [1.165, 1.54) is 0 Å². The summed E-state index contributed by atoms with van der Waals surface area (Å²) in [7, 11) is 0. The standard InChI is InChI=1S/C11H17FN4O4/c1-10(2,3)20-9(19)16-6-11(12,5-14-15-13)4-7(16)8(17)18/h7,13H,4-6H2,1-3H3. The topological polar surface area (TPSA) is 120 Å². The fourth-order valence-electron chi connectivity index (χ4n) is 1.94. The van der Waals surface area contributed by atoms with Crippen LogP contribution in [-0.4, -0.2) is 47.4 Å². The summed E-state index contributed by atoms with van der Waals surface area (Å²) in [6.45, 7) is 3.88. The first-order valence-corrected chi connectivity index (χ1v) is 6.01. The Labute approximate surface area is 115 Å². The minimum atomic E-state index is -2.05. The Bertz CT molecular complexity index is 458. The number of carbonyl (C=O) groups is 2. The lowest BCUT2D eigenvalue weighted by Crippen LogP contribution is -2.48. The van der Waals surface area contributed by atoms with Gasteiger partial charge in [0.25, 0.3) is 0 Å². The molecule has 0 saturated carbocycles. The molecule has 1 aliphatic heterocycles. The number of ether oxygens (including phenoxy) is 1. The van der Waals surface area contributed by atoms with Crippen LogP contribution in [0.25, 0.3) is 0 Å².